The second-order valence-corrected chi connectivity index (χ2v) is 4.18. The van der Waals surface area contributed by atoms with Crippen molar-refractivity contribution in [3.63, 3.8) is 0 Å². The first-order valence-corrected chi connectivity index (χ1v) is 5.87. The van der Waals surface area contributed by atoms with E-state index < -0.39 is 24.1 Å². The molecule has 1 aromatic heterocycles. The highest BCUT2D eigenvalue weighted by Gasteiger charge is 2.35. The van der Waals surface area contributed by atoms with Gasteiger partial charge in [-0.15, -0.1) is 11.3 Å². The van der Waals surface area contributed by atoms with Crippen molar-refractivity contribution in [1.29, 1.82) is 0 Å². The number of halogens is 5. The van der Waals surface area contributed by atoms with Crippen molar-refractivity contribution in [1.82, 2.24) is 4.98 Å². The lowest BCUT2D eigenvalue weighted by molar-refractivity contribution is -0.141. The molecule has 2 nitrogen and oxygen atoms in total. The molecule has 1 aromatic carbocycles. The number of aromatic nitrogens is 1. The van der Waals surface area contributed by atoms with Crippen molar-refractivity contribution >= 4 is 11.3 Å². The van der Waals surface area contributed by atoms with Gasteiger partial charge in [-0.2, -0.15) is 22.0 Å². The van der Waals surface area contributed by atoms with Gasteiger partial charge in [0.05, 0.1) is 16.8 Å². The van der Waals surface area contributed by atoms with Crippen LogP contribution in [0.3, 0.4) is 0 Å². The van der Waals surface area contributed by atoms with Gasteiger partial charge in [-0.1, -0.05) is 0 Å². The van der Waals surface area contributed by atoms with Gasteiger partial charge in [0, 0.05) is 10.9 Å². The largest absolute Gasteiger partial charge is 0.434 e. The zero-order valence-corrected chi connectivity index (χ0v) is 9.93. The number of nitrogens with zero attached hydrogens (tertiary/aromatic N) is 1. The summed E-state index contributed by atoms with van der Waals surface area (Å²) >= 11 is 1.22. The lowest BCUT2D eigenvalue weighted by Gasteiger charge is -2.14. The summed E-state index contributed by atoms with van der Waals surface area (Å²) in [7, 11) is 0. The molecule has 19 heavy (non-hydrogen) atoms. The predicted molar refractivity (Wildman–Crippen MR) is 59.2 cm³/mol. The molecular formula is C11H6F5NOS. The fourth-order valence-corrected chi connectivity index (χ4v) is 2.03. The minimum Gasteiger partial charge on any atom is -0.434 e. The zero-order chi connectivity index (χ0) is 14.0. The molecule has 2 aromatic rings. The third kappa shape index (κ3) is 3.19. The standard InChI is InChI=1S/C11H6F5NOS/c12-10(13)18-9-2-1-6(8-4-19-5-17-8)3-7(9)11(14,15)16/h1-5,10H. The topological polar surface area (TPSA) is 22.1 Å². The maximum Gasteiger partial charge on any atom is 0.419 e. The number of hydrogen-bond donors (Lipinski definition) is 0. The Hall–Kier alpha value is -1.70. The fourth-order valence-electron chi connectivity index (χ4n) is 1.46. The van der Waals surface area contributed by atoms with E-state index in [9.17, 15) is 22.0 Å². The average Bonchev–Trinajstić information content (AvgIpc) is 2.80. The zero-order valence-electron chi connectivity index (χ0n) is 9.12. The third-order valence-electron chi connectivity index (χ3n) is 2.23. The van der Waals surface area contributed by atoms with Crippen LogP contribution in [-0.4, -0.2) is 11.6 Å². The molecule has 0 N–H and O–H groups in total. The van der Waals surface area contributed by atoms with Crippen molar-refractivity contribution in [3.05, 3.63) is 34.7 Å². The Bertz CT molecular complexity index is 553. The molecule has 0 saturated carbocycles. The van der Waals surface area contributed by atoms with E-state index in [1.54, 1.807) is 5.38 Å². The molecule has 0 bridgehead atoms. The highest BCUT2D eigenvalue weighted by atomic mass is 32.1. The molecule has 0 fully saturated rings. The Morgan fingerprint density at radius 1 is 1.21 bits per heavy atom. The summed E-state index contributed by atoms with van der Waals surface area (Å²) in [6.07, 6.45) is -4.78. The van der Waals surface area contributed by atoms with Gasteiger partial charge >= 0.3 is 12.8 Å². The van der Waals surface area contributed by atoms with Crippen LogP contribution in [0.5, 0.6) is 5.75 Å². The van der Waals surface area contributed by atoms with Crippen LogP contribution < -0.4 is 4.74 Å². The van der Waals surface area contributed by atoms with Gasteiger partial charge in [0.15, 0.2) is 0 Å². The lowest BCUT2D eigenvalue weighted by atomic mass is 10.1. The maximum absolute atomic E-state index is 12.8. The lowest BCUT2D eigenvalue weighted by Crippen LogP contribution is -2.11. The predicted octanol–water partition coefficient (Wildman–Crippen LogP) is 4.43. The summed E-state index contributed by atoms with van der Waals surface area (Å²) in [5, 5.41) is 1.56. The van der Waals surface area contributed by atoms with Gasteiger partial charge in [-0.05, 0) is 18.2 Å². The number of benzene rings is 1. The molecule has 1 heterocycles. The number of alkyl halides is 5. The number of thiazole rings is 1. The van der Waals surface area contributed by atoms with E-state index in [2.05, 4.69) is 9.72 Å². The summed E-state index contributed by atoms with van der Waals surface area (Å²) in [4.78, 5) is 3.86. The summed E-state index contributed by atoms with van der Waals surface area (Å²) in [6, 6.07) is 2.86. The van der Waals surface area contributed by atoms with E-state index in [-0.39, 0.29) is 5.56 Å². The summed E-state index contributed by atoms with van der Waals surface area (Å²) in [5.74, 6) is -0.901. The first-order valence-electron chi connectivity index (χ1n) is 4.92. The quantitative estimate of drug-likeness (QED) is 0.781. The number of hydrogen-bond acceptors (Lipinski definition) is 3. The Morgan fingerprint density at radius 3 is 2.47 bits per heavy atom. The molecule has 0 aliphatic heterocycles. The molecule has 0 unspecified atom stereocenters. The van der Waals surface area contributed by atoms with E-state index in [0.29, 0.717) is 5.69 Å². The van der Waals surface area contributed by atoms with E-state index in [1.165, 1.54) is 22.9 Å². The Morgan fingerprint density at radius 2 is 1.95 bits per heavy atom. The molecule has 0 radical (unpaired) electrons. The molecule has 0 spiro atoms. The minimum absolute atomic E-state index is 0.190. The normalized spacial score (nSPS) is 11.9. The van der Waals surface area contributed by atoms with Crippen LogP contribution in [0.1, 0.15) is 5.56 Å². The second-order valence-electron chi connectivity index (χ2n) is 3.46. The first-order chi connectivity index (χ1) is 8.88. The van der Waals surface area contributed by atoms with Crippen molar-refractivity contribution < 1.29 is 26.7 Å². The van der Waals surface area contributed by atoms with E-state index in [4.69, 9.17) is 0 Å². The van der Waals surface area contributed by atoms with Crippen molar-refractivity contribution in [2.24, 2.45) is 0 Å². The molecule has 0 atom stereocenters. The van der Waals surface area contributed by atoms with Crippen LogP contribution in [0.2, 0.25) is 0 Å². The van der Waals surface area contributed by atoms with Crippen molar-refractivity contribution in [2.75, 3.05) is 0 Å². The van der Waals surface area contributed by atoms with Crippen molar-refractivity contribution in [3.8, 4) is 17.0 Å². The van der Waals surface area contributed by atoms with Gasteiger partial charge in [0.1, 0.15) is 5.75 Å². The van der Waals surface area contributed by atoms with Gasteiger partial charge in [0.2, 0.25) is 0 Å². The molecule has 0 aliphatic carbocycles. The summed E-state index contributed by atoms with van der Waals surface area (Å²) in [6.45, 7) is -3.31. The van der Waals surface area contributed by atoms with Gasteiger partial charge in [0.25, 0.3) is 0 Å². The van der Waals surface area contributed by atoms with E-state index in [0.717, 1.165) is 12.1 Å². The molecule has 0 aliphatic rings. The van der Waals surface area contributed by atoms with Crippen LogP contribution >= 0.6 is 11.3 Å². The van der Waals surface area contributed by atoms with E-state index in [1.807, 2.05) is 0 Å². The molecular weight excluding hydrogens is 289 g/mol. The summed E-state index contributed by atoms with van der Waals surface area (Å²) in [5.41, 5.74) is 0.749. The average molecular weight is 295 g/mol. The monoisotopic (exact) mass is 295 g/mol. The Balaban J connectivity index is 2.48. The van der Waals surface area contributed by atoms with Gasteiger partial charge in [-0.25, -0.2) is 4.98 Å². The van der Waals surface area contributed by atoms with Crippen LogP contribution in [-0.2, 0) is 6.18 Å². The SMILES string of the molecule is FC(F)Oc1ccc(-c2cscn2)cc1C(F)(F)F. The summed E-state index contributed by atoms with van der Waals surface area (Å²) < 4.78 is 66.3. The van der Waals surface area contributed by atoms with Crippen LogP contribution in [0.25, 0.3) is 11.3 Å². The van der Waals surface area contributed by atoms with Crippen LogP contribution in [0.15, 0.2) is 29.1 Å². The Labute approximate surface area is 108 Å². The molecule has 0 saturated heterocycles. The number of ether oxygens (including phenoxy) is 1. The molecule has 2 rings (SSSR count). The molecule has 102 valence electrons. The Kier molecular flexibility index (Phi) is 3.70. The second kappa shape index (κ2) is 5.12. The third-order valence-corrected chi connectivity index (χ3v) is 2.82. The first kappa shape index (κ1) is 13.7. The highest BCUT2D eigenvalue weighted by Crippen LogP contribution is 2.39. The fraction of sp³-hybridized carbons (Fsp3) is 0.182. The van der Waals surface area contributed by atoms with Crippen LogP contribution in [0, 0.1) is 0 Å². The number of rotatable bonds is 3. The maximum atomic E-state index is 12.8. The molecule has 8 heteroatoms. The smallest absolute Gasteiger partial charge is 0.419 e. The molecule has 0 amide bonds. The van der Waals surface area contributed by atoms with Crippen molar-refractivity contribution in [2.45, 2.75) is 12.8 Å². The minimum atomic E-state index is -4.78. The van der Waals surface area contributed by atoms with Gasteiger partial charge in [-0.3, -0.25) is 0 Å². The van der Waals surface area contributed by atoms with Crippen LogP contribution in [0.4, 0.5) is 22.0 Å². The van der Waals surface area contributed by atoms with Gasteiger partial charge < -0.3 is 4.74 Å². The van der Waals surface area contributed by atoms with E-state index >= 15 is 0 Å². The highest BCUT2D eigenvalue weighted by molar-refractivity contribution is 7.07.